The summed E-state index contributed by atoms with van der Waals surface area (Å²) in [6.07, 6.45) is 8.34. The van der Waals surface area contributed by atoms with Gasteiger partial charge in [-0.15, -0.1) is 0 Å². The average molecular weight is 333 g/mol. The van der Waals surface area contributed by atoms with Gasteiger partial charge in [-0.2, -0.15) is 0 Å². The summed E-state index contributed by atoms with van der Waals surface area (Å²) in [5.41, 5.74) is 3.34. The number of rotatable bonds is 6. The molecule has 0 aliphatic heterocycles. The predicted octanol–water partition coefficient (Wildman–Crippen LogP) is 5.37. The van der Waals surface area contributed by atoms with Crippen molar-refractivity contribution in [2.45, 2.75) is 38.2 Å². The highest BCUT2D eigenvalue weighted by Crippen LogP contribution is 2.42. The molecule has 1 N–H and O–H groups in total. The minimum atomic E-state index is -0.392. The second-order valence-corrected chi connectivity index (χ2v) is 6.72. The van der Waals surface area contributed by atoms with Gasteiger partial charge in [0.25, 0.3) is 0 Å². The molecule has 130 valence electrons. The molecular weight excluding hydrogens is 306 g/mol. The molecule has 25 heavy (non-hydrogen) atoms. The molecule has 3 rings (SSSR count). The molecule has 1 aliphatic carbocycles. The van der Waals surface area contributed by atoms with Crippen molar-refractivity contribution < 1.29 is 4.74 Å². The van der Waals surface area contributed by atoms with Crippen LogP contribution in [0.3, 0.4) is 0 Å². The molecule has 0 fully saturated rings. The number of ether oxygens (including phenoxy) is 1. The van der Waals surface area contributed by atoms with Gasteiger partial charge in [-0.1, -0.05) is 55.5 Å². The molecule has 0 amide bonds. The number of nitrogens with one attached hydrogen (secondary N) is 1. The summed E-state index contributed by atoms with van der Waals surface area (Å²) in [5.74, 6) is 1.21. The van der Waals surface area contributed by atoms with Crippen LogP contribution in [0.15, 0.2) is 78.5 Å². The smallest absolute Gasteiger partial charge is 0.140 e. The van der Waals surface area contributed by atoms with Gasteiger partial charge in [0.2, 0.25) is 0 Å². The van der Waals surface area contributed by atoms with Crippen LogP contribution in [-0.4, -0.2) is 12.6 Å². The first kappa shape index (κ1) is 17.3. The summed E-state index contributed by atoms with van der Waals surface area (Å²) in [6.45, 7) is 4.34. The molecule has 0 radical (unpaired) electrons. The zero-order chi connectivity index (χ0) is 17.7. The second-order valence-electron chi connectivity index (χ2n) is 6.72. The topological polar surface area (TPSA) is 21.3 Å². The van der Waals surface area contributed by atoms with Crippen molar-refractivity contribution in [3.05, 3.63) is 89.6 Å². The minimum Gasteiger partial charge on any atom is -0.482 e. The van der Waals surface area contributed by atoms with E-state index in [-0.39, 0.29) is 5.92 Å². The van der Waals surface area contributed by atoms with Gasteiger partial charge in [-0.3, -0.25) is 0 Å². The lowest BCUT2D eigenvalue weighted by Crippen LogP contribution is -2.43. The van der Waals surface area contributed by atoms with E-state index in [0.717, 1.165) is 18.6 Å². The highest BCUT2D eigenvalue weighted by atomic mass is 16.5. The zero-order valence-electron chi connectivity index (χ0n) is 15.3. The van der Waals surface area contributed by atoms with Crippen LogP contribution in [-0.2, 0) is 0 Å². The largest absolute Gasteiger partial charge is 0.482 e. The monoisotopic (exact) mass is 333 g/mol. The molecule has 2 nitrogen and oxygen atoms in total. The van der Waals surface area contributed by atoms with Crippen LogP contribution in [0.25, 0.3) is 0 Å². The molecule has 2 aromatic carbocycles. The van der Waals surface area contributed by atoms with Crippen molar-refractivity contribution in [2.24, 2.45) is 0 Å². The molecule has 0 saturated carbocycles. The summed E-state index contributed by atoms with van der Waals surface area (Å²) < 4.78 is 6.70. The van der Waals surface area contributed by atoms with Crippen molar-refractivity contribution >= 4 is 0 Å². The Morgan fingerprint density at radius 1 is 1.12 bits per heavy atom. The van der Waals surface area contributed by atoms with Gasteiger partial charge in [0, 0.05) is 25.1 Å². The van der Waals surface area contributed by atoms with Crippen molar-refractivity contribution in [2.75, 3.05) is 7.05 Å². The third-order valence-corrected chi connectivity index (χ3v) is 4.96. The van der Waals surface area contributed by atoms with E-state index in [0.29, 0.717) is 0 Å². The Balaban J connectivity index is 2.03. The fourth-order valence-corrected chi connectivity index (χ4v) is 3.74. The van der Waals surface area contributed by atoms with Crippen molar-refractivity contribution in [3.8, 4) is 5.75 Å². The van der Waals surface area contributed by atoms with Crippen molar-refractivity contribution in [3.63, 3.8) is 0 Å². The Kier molecular flexibility index (Phi) is 5.28. The maximum Gasteiger partial charge on any atom is 0.140 e. The second kappa shape index (κ2) is 7.60. The molecule has 2 atom stereocenters. The lowest BCUT2D eigenvalue weighted by molar-refractivity contribution is 0.0833. The summed E-state index contributed by atoms with van der Waals surface area (Å²) in [7, 11) is 1.98. The highest BCUT2D eigenvalue weighted by molar-refractivity contribution is 5.36. The van der Waals surface area contributed by atoms with E-state index < -0.39 is 5.60 Å². The third kappa shape index (κ3) is 3.79. The van der Waals surface area contributed by atoms with E-state index in [9.17, 15) is 0 Å². The molecule has 2 unspecified atom stereocenters. The van der Waals surface area contributed by atoms with E-state index in [2.05, 4.69) is 92.0 Å². The van der Waals surface area contributed by atoms with Crippen LogP contribution in [0.2, 0.25) is 0 Å². The first-order valence-electron chi connectivity index (χ1n) is 9.03. The summed E-state index contributed by atoms with van der Waals surface area (Å²) in [4.78, 5) is 0. The molecule has 0 bridgehead atoms. The third-order valence-electron chi connectivity index (χ3n) is 4.96. The van der Waals surface area contributed by atoms with Gasteiger partial charge in [0.05, 0.1) is 0 Å². The Bertz CT molecular complexity index is 763. The maximum absolute atomic E-state index is 6.70. The van der Waals surface area contributed by atoms with Gasteiger partial charge in [0.15, 0.2) is 0 Å². The first-order valence-corrected chi connectivity index (χ1v) is 9.03. The highest BCUT2D eigenvalue weighted by Gasteiger charge is 2.40. The van der Waals surface area contributed by atoms with E-state index in [4.69, 9.17) is 4.74 Å². The van der Waals surface area contributed by atoms with Crippen LogP contribution in [0.1, 0.15) is 36.8 Å². The Morgan fingerprint density at radius 2 is 1.92 bits per heavy atom. The number of hydrogen-bond acceptors (Lipinski definition) is 2. The molecule has 2 heteroatoms. The quantitative estimate of drug-likeness (QED) is 0.767. The van der Waals surface area contributed by atoms with Gasteiger partial charge >= 0.3 is 0 Å². The summed E-state index contributed by atoms with van der Waals surface area (Å²) in [5, 5.41) is 3.32. The number of aryl methyl sites for hydroxylation is 1. The lowest BCUT2D eigenvalue weighted by Gasteiger charge is -2.41. The zero-order valence-corrected chi connectivity index (χ0v) is 15.3. The first-order chi connectivity index (χ1) is 12.2. The predicted molar refractivity (Wildman–Crippen MR) is 105 cm³/mol. The van der Waals surface area contributed by atoms with Gasteiger partial charge in [0.1, 0.15) is 11.4 Å². The molecule has 2 aromatic rings. The average Bonchev–Trinajstić information content (AvgIpc) is 2.63. The SMILES string of the molecule is CCC(c1ccccc1)C1(Oc2cccc(C)c2)C=CC=C(NC)C1. The van der Waals surface area contributed by atoms with Gasteiger partial charge in [-0.05, 0) is 48.8 Å². The molecule has 1 aliphatic rings. The number of benzene rings is 2. The molecule has 0 saturated heterocycles. The maximum atomic E-state index is 6.70. The van der Waals surface area contributed by atoms with E-state index in [1.807, 2.05) is 7.05 Å². The van der Waals surface area contributed by atoms with Crippen LogP contribution >= 0.6 is 0 Å². The van der Waals surface area contributed by atoms with Crippen LogP contribution in [0.5, 0.6) is 5.75 Å². The van der Waals surface area contributed by atoms with E-state index in [1.54, 1.807) is 0 Å². The standard InChI is InChI=1S/C23H27NO/c1-4-22(19-11-6-5-7-12-19)23(15-9-13-20(17-23)24-3)25-21-14-8-10-18(2)16-21/h5-16,22,24H,4,17H2,1-3H3. The van der Waals surface area contributed by atoms with Crippen LogP contribution in [0, 0.1) is 6.92 Å². The Hall–Kier alpha value is -2.48. The molecule has 0 heterocycles. The molecule has 0 aromatic heterocycles. The van der Waals surface area contributed by atoms with E-state index >= 15 is 0 Å². The van der Waals surface area contributed by atoms with Gasteiger partial charge < -0.3 is 10.1 Å². The molecule has 0 spiro atoms. The van der Waals surface area contributed by atoms with Crippen molar-refractivity contribution in [1.82, 2.24) is 5.32 Å². The minimum absolute atomic E-state index is 0.280. The lowest BCUT2D eigenvalue weighted by atomic mass is 9.75. The Labute approximate surface area is 151 Å². The molecular formula is C23H27NO. The summed E-state index contributed by atoms with van der Waals surface area (Å²) in [6, 6.07) is 19.0. The van der Waals surface area contributed by atoms with Crippen LogP contribution in [0.4, 0.5) is 0 Å². The fourth-order valence-electron chi connectivity index (χ4n) is 3.74. The van der Waals surface area contributed by atoms with E-state index in [1.165, 1.54) is 16.8 Å². The van der Waals surface area contributed by atoms with Crippen LogP contribution < -0.4 is 10.1 Å². The fraction of sp³-hybridized carbons (Fsp3) is 0.304. The van der Waals surface area contributed by atoms with Crippen molar-refractivity contribution in [1.29, 1.82) is 0 Å². The summed E-state index contributed by atoms with van der Waals surface area (Å²) >= 11 is 0. The normalized spacial score (nSPS) is 20.7. The number of allylic oxidation sites excluding steroid dienone is 2. The van der Waals surface area contributed by atoms with Gasteiger partial charge in [-0.25, -0.2) is 0 Å². The Morgan fingerprint density at radius 3 is 2.60 bits per heavy atom. The number of hydrogen-bond donors (Lipinski definition) is 1.